The first-order chi connectivity index (χ1) is 20.5. The molecule has 0 radical (unpaired) electrons. The lowest BCUT2D eigenvalue weighted by Crippen LogP contribution is -2.50. The highest BCUT2D eigenvalue weighted by Gasteiger charge is 2.38. The van der Waals surface area contributed by atoms with E-state index in [-0.39, 0.29) is 35.7 Å². The summed E-state index contributed by atoms with van der Waals surface area (Å²) in [6.07, 6.45) is 2.54. The highest BCUT2D eigenvalue weighted by atomic mass is 16.2. The van der Waals surface area contributed by atoms with E-state index in [1.165, 1.54) is 11.1 Å². The second-order valence-electron chi connectivity index (χ2n) is 11.2. The van der Waals surface area contributed by atoms with E-state index in [9.17, 15) is 14.4 Å². The maximum Gasteiger partial charge on any atom is 0.239 e. The molecule has 8 heteroatoms. The molecule has 1 unspecified atom stereocenters. The lowest BCUT2D eigenvalue weighted by atomic mass is 9.90. The zero-order valence-electron chi connectivity index (χ0n) is 24.0. The van der Waals surface area contributed by atoms with Gasteiger partial charge in [-0.1, -0.05) is 78.9 Å². The van der Waals surface area contributed by atoms with Crippen LogP contribution >= 0.6 is 0 Å². The predicted molar refractivity (Wildman–Crippen MR) is 165 cm³/mol. The third kappa shape index (κ3) is 7.06. The van der Waals surface area contributed by atoms with E-state index in [1.54, 1.807) is 4.90 Å². The van der Waals surface area contributed by atoms with Gasteiger partial charge in [-0.05, 0) is 55.5 Å². The topological polar surface area (TPSA) is 108 Å². The number of para-hydroxylation sites is 1. The van der Waals surface area contributed by atoms with Crippen molar-refractivity contribution in [1.82, 2.24) is 15.5 Å². The van der Waals surface area contributed by atoms with Crippen LogP contribution in [0.15, 0.2) is 91.0 Å². The largest absolute Gasteiger partial charge is 0.354 e. The van der Waals surface area contributed by atoms with E-state index in [4.69, 9.17) is 5.73 Å². The molecular weight excluding hydrogens is 526 g/mol. The molecule has 0 bridgehead atoms. The maximum atomic E-state index is 13.8. The molecule has 2 fully saturated rings. The zero-order valence-corrected chi connectivity index (χ0v) is 24.0. The fourth-order valence-corrected chi connectivity index (χ4v) is 6.08. The van der Waals surface area contributed by atoms with Crippen LogP contribution in [0.4, 0.5) is 5.69 Å². The zero-order chi connectivity index (χ0) is 29.3. The van der Waals surface area contributed by atoms with Gasteiger partial charge in [0, 0.05) is 43.8 Å². The van der Waals surface area contributed by atoms with Crippen LogP contribution in [0.5, 0.6) is 0 Å². The third-order valence-corrected chi connectivity index (χ3v) is 8.41. The number of amides is 3. The molecule has 4 N–H and O–H groups in total. The molecule has 220 valence electrons. The Morgan fingerprint density at radius 2 is 1.48 bits per heavy atom. The average molecular weight is 568 g/mol. The summed E-state index contributed by atoms with van der Waals surface area (Å²) in [6.45, 7) is 2.53. The molecule has 8 nitrogen and oxygen atoms in total. The normalized spacial score (nSPS) is 21.0. The van der Waals surface area contributed by atoms with Gasteiger partial charge in [-0.15, -0.1) is 0 Å². The minimum absolute atomic E-state index is 0.0451. The van der Waals surface area contributed by atoms with Gasteiger partial charge in [0.25, 0.3) is 0 Å². The van der Waals surface area contributed by atoms with Crippen molar-refractivity contribution in [3.05, 3.63) is 102 Å². The van der Waals surface area contributed by atoms with Crippen molar-refractivity contribution < 1.29 is 14.4 Å². The second-order valence-corrected chi connectivity index (χ2v) is 11.2. The number of benzene rings is 3. The SMILES string of the molecule is NCCC[C@@H]1N[C@H](CNC(=O)C2CCN(c3ccccc3)C2=O)CCN(CC(c2ccccc2)c2ccccc2)C1=O. The number of nitrogens with zero attached hydrogens (tertiary/aromatic N) is 2. The highest BCUT2D eigenvalue weighted by molar-refractivity contribution is 6.09. The molecule has 2 aliphatic heterocycles. The Morgan fingerprint density at radius 1 is 0.857 bits per heavy atom. The van der Waals surface area contributed by atoms with Crippen LogP contribution in [0.1, 0.15) is 42.7 Å². The number of hydrogen-bond acceptors (Lipinski definition) is 5. The third-order valence-electron chi connectivity index (χ3n) is 8.41. The Bertz CT molecular complexity index is 1280. The number of rotatable bonds is 11. The lowest BCUT2D eigenvalue weighted by Gasteiger charge is -2.29. The Labute approximate surface area is 248 Å². The first-order valence-electron chi connectivity index (χ1n) is 15.0. The first kappa shape index (κ1) is 29.5. The summed E-state index contributed by atoms with van der Waals surface area (Å²) in [5.41, 5.74) is 8.97. The maximum absolute atomic E-state index is 13.8. The van der Waals surface area contributed by atoms with E-state index in [0.29, 0.717) is 52.0 Å². The molecule has 3 amide bonds. The van der Waals surface area contributed by atoms with Crippen LogP contribution in [0.2, 0.25) is 0 Å². The number of nitrogens with two attached hydrogens (primary N) is 1. The molecule has 2 saturated heterocycles. The van der Waals surface area contributed by atoms with Crippen LogP contribution < -0.4 is 21.3 Å². The van der Waals surface area contributed by atoms with Crippen molar-refractivity contribution in [3.8, 4) is 0 Å². The van der Waals surface area contributed by atoms with Crippen LogP contribution in [0.25, 0.3) is 0 Å². The predicted octanol–water partition coefficient (Wildman–Crippen LogP) is 3.29. The lowest BCUT2D eigenvalue weighted by molar-refractivity contribution is -0.133. The number of nitrogens with one attached hydrogen (secondary N) is 2. The quantitative estimate of drug-likeness (QED) is 0.308. The molecule has 3 atom stereocenters. The van der Waals surface area contributed by atoms with Gasteiger partial charge in [0.15, 0.2) is 0 Å². The Morgan fingerprint density at radius 3 is 2.10 bits per heavy atom. The van der Waals surface area contributed by atoms with Crippen LogP contribution in [-0.2, 0) is 14.4 Å². The summed E-state index contributed by atoms with van der Waals surface area (Å²) in [7, 11) is 0. The molecule has 2 heterocycles. The number of carbonyl (C=O) groups is 3. The number of anilines is 1. The van der Waals surface area contributed by atoms with Gasteiger partial charge in [-0.25, -0.2) is 0 Å². The van der Waals surface area contributed by atoms with Crippen LogP contribution in [-0.4, -0.2) is 67.4 Å². The Hall–Kier alpha value is -4.01. The minimum Gasteiger partial charge on any atom is -0.354 e. The van der Waals surface area contributed by atoms with Crippen molar-refractivity contribution in [1.29, 1.82) is 0 Å². The van der Waals surface area contributed by atoms with Crippen molar-refractivity contribution in [2.45, 2.75) is 43.7 Å². The van der Waals surface area contributed by atoms with E-state index >= 15 is 0 Å². The summed E-state index contributed by atoms with van der Waals surface area (Å²) in [5, 5.41) is 6.54. The van der Waals surface area contributed by atoms with E-state index < -0.39 is 5.92 Å². The van der Waals surface area contributed by atoms with Gasteiger partial charge in [-0.3, -0.25) is 14.4 Å². The van der Waals surface area contributed by atoms with Gasteiger partial charge >= 0.3 is 0 Å². The standard InChI is InChI=1S/C34H41N5O3/c35-20-10-17-31-34(42)38(24-30(25-11-4-1-5-12-25)26-13-6-2-7-14-26)21-18-27(37-31)23-36-32(40)29-19-22-39(33(29)41)28-15-8-3-9-16-28/h1-9,11-16,27,29-31,37H,10,17-24,35H2,(H,36,40)/t27-,29?,31-/m0/s1. The summed E-state index contributed by atoms with van der Waals surface area (Å²) < 4.78 is 0. The molecule has 42 heavy (non-hydrogen) atoms. The summed E-state index contributed by atoms with van der Waals surface area (Å²) in [4.78, 5) is 43.7. The molecule has 3 aromatic rings. The van der Waals surface area contributed by atoms with Crippen LogP contribution in [0.3, 0.4) is 0 Å². The smallest absolute Gasteiger partial charge is 0.239 e. The van der Waals surface area contributed by atoms with Gasteiger partial charge in [-0.2, -0.15) is 0 Å². The van der Waals surface area contributed by atoms with Gasteiger partial charge < -0.3 is 26.2 Å². The number of carbonyl (C=O) groups excluding carboxylic acids is 3. The molecular formula is C34H41N5O3. The van der Waals surface area contributed by atoms with Gasteiger partial charge in [0.2, 0.25) is 17.7 Å². The van der Waals surface area contributed by atoms with E-state index in [0.717, 1.165) is 12.1 Å². The number of hydrogen-bond donors (Lipinski definition) is 3. The summed E-state index contributed by atoms with van der Waals surface area (Å²) in [6, 6.07) is 29.6. The fraction of sp³-hybridized carbons (Fsp3) is 0.382. The highest BCUT2D eigenvalue weighted by Crippen LogP contribution is 2.28. The molecule has 3 aromatic carbocycles. The minimum atomic E-state index is -0.695. The molecule has 5 rings (SSSR count). The van der Waals surface area contributed by atoms with Crippen molar-refractivity contribution in [2.24, 2.45) is 11.7 Å². The van der Waals surface area contributed by atoms with Gasteiger partial charge in [0.05, 0.1) is 6.04 Å². The summed E-state index contributed by atoms with van der Waals surface area (Å²) in [5.74, 6) is -0.996. The molecule has 0 spiro atoms. The average Bonchev–Trinajstić information content (AvgIpc) is 3.36. The molecule has 0 saturated carbocycles. The molecule has 0 aromatic heterocycles. The fourth-order valence-electron chi connectivity index (χ4n) is 6.08. The van der Waals surface area contributed by atoms with Crippen molar-refractivity contribution >= 4 is 23.4 Å². The van der Waals surface area contributed by atoms with Crippen LogP contribution in [0, 0.1) is 5.92 Å². The summed E-state index contributed by atoms with van der Waals surface area (Å²) >= 11 is 0. The van der Waals surface area contributed by atoms with E-state index in [2.05, 4.69) is 34.9 Å². The van der Waals surface area contributed by atoms with E-state index in [1.807, 2.05) is 71.6 Å². The first-order valence-corrected chi connectivity index (χ1v) is 15.0. The monoisotopic (exact) mass is 567 g/mol. The van der Waals surface area contributed by atoms with Crippen molar-refractivity contribution in [2.75, 3.05) is 37.6 Å². The Kier molecular flexibility index (Phi) is 10.0. The van der Waals surface area contributed by atoms with Gasteiger partial charge in [0.1, 0.15) is 5.92 Å². The Balaban J connectivity index is 1.25. The second kappa shape index (κ2) is 14.2. The molecule has 0 aliphatic carbocycles. The molecule has 2 aliphatic rings. The van der Waals surface area contributed by atoms with Crippen molar-refractivity contribution in [3.63, 3.8) is 0 Å².